The fourth-order valence-corrected chi connectivity index (χ4v) is 2.66. The second-order valence-electron chi connectivity index (χ2n) is 3.17. The van der Waals surface area contributed by atoms with E-state index in [-0.39, 0.29) is 0 Å². The minimum atomic E-state index is -1.55. The van der Waals surface area contributed by atoms with E-state index in [4.69, 9.17) is 0 Å². The number of aromatic nitrogens is 1. The Morgan fingerprint density at radius 2 is 2.38 bits per heavy atom. The van der Waals surface area contributed by atoms with Crippen LogP contribution in [0.2, 0.25) is 0 Å². The third-order valence-corrected chi connectivity index (χ3v) is 3.99. The molecule has 1 aliphatic rings. The summed E-state index contributed by atoms with van der Waals surface area (Å²) in [7, 11) is 1.56. The zero-order valence-electron chi connectivity index (χ0n) is 8.71. The molecule has 1 unspecified atom stereocenters. The van der Waals surface area contributed by atoms with E-state index in [1.165, 1.54) is 15.6 Å². The van der Waals surface area contributed by atoms with Gasteiger partial charge in [-0.15, -0.1) is 11.3 Å². The summed E-state index contributed by atoms with van der Waals surface area (Å²) in [6, 6.07) is 0. The largest absolute Gasteiger partial charge is 0.566 e. The normalized spacial score (nSPS) is 20.4. The van der Waals surface area contributed by atoms with Crippen LogP contribution in [0.15, 0.2) is 22.4 Å². The Morgan fingerprint density at radius 3 is 2.94 bits per heavy atom. The first kappa shape index (κ1) is 11.3. The van der Waals surface area contributed by atoms with Crippen molar-refractivity contribution in [2.45, 2.75) is 6.92 Å². The van der Waals surface area contributed by atoms with Crippen molar-refractivity contribution in [3.63, 3.8) is 0 Å². The summed E-state index contributed by atoms with van der Waals surface area (Å²) in [5.74, 6) is 0. The van der Waals surface area contributed by atoms with E-state index in [0.29, 0.717) is 22.7 Å². The molecule has 0 aromatic carbocycles. The van der Waals surface area contributed by atoms with Gasteiger partial charge in [-0.25, -0.2) is 4.98 Å². The standard InChI is InChI=1S/C9H9N3O2S2/c1-6-4-10-9(15-6)8-3-7(5-13)12(2)16(14)11-8/h3-5H,1-2H3. The molecule has 0 bridgehead atoms. The quantitative estimate of drug-likeness (QED) is 0.580. The molecule has 0 saturated heterocycles. The highest BCUT2D eigenvalue weighted by Crippen LogP contribution is 2.20. The van der Waals surface area contributed by atoms with E-state index in [1.807, 2.05) is 6.92 Å². The van der Waals surface area contributed by atoms with Crippen LogP contribution in [0, 0.1) is 6.92 Å². The van der Waals surface area contributed by atoms with E-state index in [9.17, 15) is 9.35 Å². The first-order valence-corrected chi connectivity index (χ1v) is 6.34. The molecule has 0 spiro atoms. The van der Waals surface area contributed by atoms with Gasteiger partial charge in [0.15, 0.2) is 12.0 Å². The van der Waals surface area contributed by atoms with E-state index >= 15 is 0 Å². The van der Waals surface area contributed by atoms with E-state index in [0.717, 1.165) is 4.88 Å². The molecule has 7 heteroatoms. The summed E-state index contributed by atoms with van der Waals surface area (Å²) in [5.41, 5.74) is 0.841. The van der Waals surface area contributed by atoms with Crippen molar-refractivity contribution in [1.29, 1.82) is 0 Å². The number of thiazole rings is 1. The van der Waals surface area contributed by atoms with Crippen molar-refractivity contribution in [2.75, 3.05) is 7.05 Å². The van der Waals surface area contributed by atoms with Crippen molar-refractivity contribution in [3.05, 3.63) is 27.9 Å². The molecule has 1 aromatic rings. The van der Waals surface area contributed by atoms with Crippen LogP contribution in [0.1, 0.15) is 9.88 Å². The molecule has 16 heavy (non-hydrogen) atoms. The second kappa shape index (κ2) is 4.36. The van der Waals surface area contributed by atoms with Gasteiger partial charge in [0.25, 0.3) is 0 Å². The summed E-state index contributed by atoms with van der Waals surface area (Å²) >= 11 is -0.0931. The molecule has 0 N–H and O–H groups in total. The van der Waals surface area contributed by atoms with Crippen LogP contribution in [0.25, 0.3) is 0 Å². The maximum atomic E-state index is 11.6. The first-order chi connectivity index (χ1) is 7.61. The van der Waals surface area contributed by atoms with Crippen molar-refractivity contribution >= 4 is 34.9 Å². The Hall–Kier alpha value is -1.18. The van der Waals surface area contributed by atoms with E-state index < -0.39 is 11.5 Å². The summed E-state index contributed by atoms with van der Waals surface area (Å²) in [6.45, 7) is 1.93. The Kier molecular flexibility index (Phi) is 3.08. The number of hydrogen-bond acceptors (Lipinski definition) is 6. The van der Waals surface area contributed by atoms with Crippen molar-refractivity contribution < 1.29 is 9.35 Å². The number of likely N-dealkylation sites (N-methyl/N-ethyl adjacent to an activating group) is 1. The molecule has 1 atom stereocenters. The van der Waals surface area contributed by atoms with Crippen LogP contribution in [0.4, 0.5) is 0 Å². The number of allylic oxidation sites excluding steroid dienone is 2. The first-order valence-electron chi connectivity index (χ1n) is 4.46. The Balaban J connectivity index is 2.39. The lowest BCUT2D eigenvalue weighted by Gasteiger charge is -2.19. The lowest BCUT2D eigenvalue weighted by atomic mass is 10.3. The van der Waals surface area contributed by atoms with Gasteiger partial charge in [0.05, 0.1) is 7.05 Å². The fraction of sp³-hybridized carbons (Fsp3) is 0.222. The van der Waals surface area contributed by atoms with Gasteiger partial charge in [-0.3, -0.25) is 4.79 Å². The van der Waals surface area contributed by atoms with Gasteiger partial charge in [-0.1, -0.05) is 0 Å². The molecule has 0 aliphatic carbocycles. The zero-order chi connectivity index (χ0) is 11.7. The highest BCUT2D eigenvalue weighted by Gasteiger charge is 2.26. The van der Waals surface area contributed by atoms with Gasteiger partial charge in [-0.2, -0.15) is 4.31 Å². The second-order valence-corrected chi connectivity index (χ2v) is 5.59. The molecule has 5 nitrogen and oxygen atoms in total. The number of carbonyl (C=O) groups is 1. The maximum Gasteiger partial charge on any atom is 0.222 e. The number of carbonyl (C=O) groups excluding carboxylic acids is 1. The maximum absolute atomic E-state index is 11.6. The molecule has 84 valence electrons. The molecule has 1 aromatic heterocycles. The van der Waals surface area contributed by atoms with Crippen molar-refractivity contribution in [2.24, 2.45) is 4.40 Å². The van der Waals surface area contributed by atoms with Gasteiger partial charge in [0.2, 0.25) is 11.5 Å². The van der Waals surface area contributed by atoms with Crippen molar-refractivity contribution in [1.82, 2.24) is 9.29 Å². The van der Waals surface area contributed by atoms with Crippen LogP contribution in [0.3, 0.4) is 0 Å². The fourth-order valence-electron chi connectivity index (χ4n) is 1.18. The van der Waals surface area contributed by atoms with E-state index in [1.54, 1.807) is 19.3 Å². The molecule has 0 saturated carbocycles. The number of aryl methyl sites for hydroxylation is 1. The van der Waals surface area contributed by atoms with Gasteiger partial charge >= 0.3 is 0 Å². The van der Waals surface area contributed by atoms with Crippen LogP contribution in [-0.4, -0.2) is 32.9 Å². The number of hydrogen-bond donors (Lipinski definition) is 0. The number of aldehydes is 1. The average Bonchev–Trinajstić information content (AvgIpc) is 2.69. The summed E-state index contributed by atoms with van der Waals surface area (Å²) < 4.78 is 16.9. The predicted molar refractivity (Wildman–Crippen MR) is 63.4 cm³/mol. The van der Waals surface area contributed by atoms with Crippen LogP contribution < -0.4 is 0 Å². The highest BCUT2D eigenvalue weighted by molar-refractivity contribution is 7.88. The minimum absolute atomic E-state index is 0.344. The molecule has 1 aliphatic heterocycles. The SMILES string of the molecule is Cc1cnc(C2=N[S+]([O-])N(C)C(C=O)=C2)s1. The minimum Gasteiger partial charge on any atom is -0.566 e. The van der Waals surface area contributed by atoms with Crippen LogP contribution in [0.5, 0.6) is 0 Å². The third-order valence-electron chi connectivity index (χ3n) is 2.02. The molecular formula is C9H9N3O2S2. The monoisotopic (exact) mass is 255 g/mol. The third kappa shape index (κ3) is 2.01. The van der Waals surface area contributed by atoms with Crippen LogP contribution >= 0.6 is 11.3 Å². The van der Waals surface area contributed by atoms with Gasteiger partial charge in [0, 0.05) is 17.2 Å². The summed E-state index contributed by atoms with van der Waals surface area (Å²) in [5, 5.41) is 0.679. The molecule has 0 radical (unpaired) electrons. The Morgan fingerprint density at radius 1 is 1.62 bits per heavy atom. The number of nitrogens with zero attached hydrogens (tertiary/aromatic N) is 3. The van der Waals surface area contributed by atoms with Gasteiger partial charge in [-0.05, 0) is 11.3 Å². The summed E-state index contributed by atoms with van der Waals surface area (Å²) in [6.07, 6.45) is 3.97. The molecule has 2 heterocycles. The Labute approximate surface area is 100.0 Å². The lowest BCUT2D eigenvalue weighted by Crippen LogP contribution is -2.30. The smallest absolute Gasteiger partial charge is 0.222 e. The highest BCUT2D eigenvalue weighted by atomic mass is 32.2. The molecule has 0 amide bonds. The van der Waals surface area contributed by atoms with Crippen molar-refractivity contribution in [3.8, 4) is 0 Å². The number of rotatable bonds is 2. The predicted octanol–water partition coefficient (Wildman–Crippen LogP) is 0.848. The average molecular weight is 255 g/mol. The van der Waals surface area contributed by atoms with Gasteiger partial charge < -0.3 is 4.55 Å². The Bertz CT molecular complexity index is 481. The lowest BCUT2D eigenvalue weighted by molar-refractivity contribution is -0.105. The van der Waals surface area contributed by atoms with E-state index in [2.05, 4.69) is 9.38 Å². The zero-order valence-corrected chi connectivity index (χ0v) is 10.3. The topological polar surface area (TPSA) is 68.6 Å². The van der Waals surface area contributed by atoms with Gasteiger partial charge in [0.1, 0.15) is 10.7 Å². The molecule has 2 rings (SSSR count). The molecule has 0 fully saturated rings. The molecular weight excluding hydrogens is 246 g/mol. The van der Waals surface area contributed by atoms with Crippen LogP contribution in [-0.2, 0) is 16.3 Å². The summed E-state index contributed by atoms with van der Waals surface area (Å²) in [4.78, 5) is 16.0.